The van der Waals surface area contributed by atoms with Gasteiger partial charge in [0.15, 0.2) is 0 Å². The van der Waals surface area contributed by atoms with E-state index in [-0.39, 0.29) is 12.8 Å². The van der Waals surface area contributed by atoms with Gasteiger partial charge in [0.2, 0.25) is 0 Å². The average Bonchev–Trinajstić information content (AvgIpc) is 1.89. The molecule has 10 heavy (non-hydrogen) atoms. The van der Waals surface area contributed by atoms with Gasteiger partial charge in [-0.1, -0.05) is 12.1 Å². The van der Waals surface area contributed by atoms with E-state index in [4.69, 9.17) is 0 Å². The van der Waals surface area contributed by atoms with Crippen LogP contribution < -0.4 is 0 Å². The van der Waals surface area contributed by atoms with Crippen molar-refractivity contribution in [3.63, 3.8) is 0 Å². The van der Waals surface area contributed by atoms with E-state index in [1.165, 1.54) is 0 Å². The smallest absolute Gasteiger partial charge is 0.308 e. The summed E-state index contributed by atoms with van der Waals surface area (Å²) in [5.74, 6) is -0.272. The maximum Gasteiger partial charge on any atom is 0.308 e. The number of carbonyl (C=O) groups is 1. The molecule has 0 aliphatic heterocycles. The van der Waals surface area contributed by atoms with Gasteiger partial charge in [0.05, 0.1) is 0 Å². The Labute approximate surface area is 59.8 Å². The zero-order valence-electron chi connectivity index (χ0n) is 6.00. The molecule has 0 aliphatic rings. The number of nitrogens with zero attached hydrogens (tertiary/aromatic N) is 1. The van der Waals surface area contributed by atoms with Crippen molar-refractivity contribution in [3.8, 4) is 0 Å². The van der Waals surface area contributed by atoms with E-state index < -0.39 is 0 Å². The molecule has 0 atom stereocenters. The SMILES string of the molecule is C=NOCOC(=O)CCC. The first-order chi connectivity index (χ1) is 4.81. The maximum absolute atomic E-state index is 10.6. The highest BCUT2D eigenvalue weighted by atomic mass is 16.8. The van der Waals surface area contributed by atoms with Crippen LogP contribution in [0.15, 0.2) is 5.16 Å². The molecule has 4 nitrogen and oxygen atoms in total. The first-order valence-corrected chi connectivity index (χ1v) is 3.05. The predicted octanol–water partition coefficient (Wildman–Crippen LogP) is 0.919. The van der Waals surface area contributed by atoms with Crippen molar-refractivity contribution in [3.05, 3.63) is 0 Å². The fourth-order valence-electron chi connectivity index (χ4n) is 0.406. The molecule has 0 aromatic carbocycles. The number of carbonyl (C=O) groups excluding carboxylic acids is 1. The van der Waals surface area contributed by atoms with Crippen molar-refractivity contribution in [2.75, 3.05) is 6.79 Å². The molecule has 0 aliphatic carbocycles. The highest BCUT2D eigenvalue weighted by molar-refractivity contribution is 5.69. The number of oxime groups is 1. The van der Waals surface area contributed by atoms with Crippen molar-refractivity contribution in [1.82, 2.24) is 0 Å². The topological polar surface area (TPSA) is 47.9 Å². The van der Waals surface area contributed by atoms with Crippen molar-refractivity contribution in [2.45, 2.75) is 19.8 Å². The third-order valence-corrected chi connectivity index (χ3v) is 0.818. The molecule has 4 heteroatoms. The summed E-state index contributed by atoms with van der Waals surface area (Å²) in [6.45, 7) is 4.80. The van der Waals surface area contributed by atoms with Crippen molar-refractivity contribution >= 4 is 12.7 Å². The number of hydrogen-bond acceptors (Lipinski definition) is 4. The molecule has 0 fully saturated rings. The van der Waals surface area contributed by atoms with Crippen LogP contribution in [0.1, 0.15) is 19.8 Å². The van der Waals surface area contributed by atoms with Gasteiger partial charge in [-0.05, 0) is 6.42 Å². The molecule has 0 unspecified atom stereocenters. The van der Waals surface area contributed by atoms with Gasteiger partial charge in [-0.2, -0.15) is 0 Å². The molecule has 0 heterocycles. The van der Waals surface area contributed by atoms with Crippen LogP contribution >= 0.6 is 0 Å². The Morgan fingerprint density at radius 3 is 2.90 bits per heavy atom. The van der Waals surface area contributed by atoms with Crippen molar-refractivity contribution < 1.29 is 14.4 Å². The normalized spacial score (nSPS) is 8.50. The fourth-order valence-corrected chi connectivity index (χ4v) is 0.406. The molecule has 0 aromatic rings. The van der Waals surface area contributed by atoms with Crippen molar-refractivity contribution in [2.24, 2.45) is 5.16 Å². The largest absolute Gasteiger partial charge is 0.426 e. The molecular formula is C6H11NO3. The minimum absolute atomic E-state index is 0.137. The lowest BCUT2D eigenvalue weighted by Gasteiger charge is -1.99. The van der Waals surface area contributed by atoms with E-state index in [1.54, 1.807) is 0 Å². The average molecular weight is 145 g/mol. The molecule has 58 valence electrons. The molecule has 0 aromatic heterocycles. The van der Waals surface area contributed by atoms with Gasteiger partial charge in [-0.25, -0.2) is 0 Å². The van der Waals surface area contributed by atoms with E-state index in [1.807, 2.05) is 6.92 Å². The highest BCUT2D eigenvalue weighted by Gasteiger charge is 1.98. The molecule has 0 N–H and O–H groups in total. The standard InChI is InChI=1S/C6H11NO3/c1-3-4-6(8)9-5-10-7-2/h2-5H2,1H3. The lowest BCUT2D eigenvalue weighted by atomic mass is 10.3. The monoisotopic (exact) mass is 145 g/mol. The molecule has 0 radical (unpaired) electrons. The van der Waals surface area contributed by atoms with Gasteiger partial charge >= 0.3 is 5.97 Å². The Hall–Kier alpha value is -1.06. The first kappa shape index (κ1) is 8.94. The van der Waals surface area contributed by atoms with E-state index in [0.717, 1.165) is 6.42 Å². The van der Waals surface area contributed by atoms with E-state index in [9.17, 15) is 4.79 Å². The van der Waals surface area contributed by atoms with Crippen LogP contribution in [0, 0.1) is 0 Å². The third kappa shape index (κ3) is 5.08. The lowest BCUT2D eigenvalue weighted by molar-refractivity contribution is -0.156. The van der Waals surface area contributed by atoms with Gasteiger partial charge in [0, 0.05) is 13.1 Å². The Bertz CT molecular complexity index is 114. The molecule has 0 bridgehead atoms. The van der Waals surface area contributed by atoms with Gasteiger partial charge < -0.3 is 9.57 Å². The number of hydrogen-bond donors (Lipinski definition) is 0. The summed E-state index contributed by atoms with van der Waals surface area (Å²) in [5, 5.41) is 3.04. The van der Waals surface area contributed by atoms with E-state index in [2.05, 4.69) is 21.4 Å². The second-order valence-corrected chi connectivity index (χ2v) is 1.64. The first-order valence-electron chi connectivity index (χ1n) is 3.05. The minimum atomic E-state index is -0.272. The van der Waals surface area contributed by atoms with Crippen LogP contribution in [0.25, 0.3) is 0 Å². The van der Waals surface area contributed by atoms with Crippen LogP contribution in [0.3, 0.4) is 0 Å². The van der Waals surface area contributed by atoms with E-state index >= 15 is 0 Å². The molecule has 0 rings (SSSR count). The summed E-state index contributed by atoms with van der Waals surface area (Å²) >= 11 is 0. The Morgan fingerprint density at radius 2 is 2.40 bits per heavy atom. The van der Waals surface area contributed by atoms with Crippen molar-refractivity contribution in [1.29, 1.82) is 0 Å². The zero-order chi connectivity index (χ0) is 7.82. The minimum Gasteiger partial charge on any atom is -0.426 e. The second kappa shape index (κ2) is 6.07. The summed E-state index contributed by atoms with van der Waals surface area (Å²) < 4.78 is 4.53. The highest BCUT2D eigenvalue weighted by Crippen LogP contribution is 1.90. The van der Waals surface area contributed by atoms with E-state index in [0.29, 0.717) is 6.42 Å². The Kier molecular flexibility index (Phi) is 5.42. The fraction of sp³-hybridized carbons (Fsp3) is 0.667. The third-order valence-electron chi connectivity index (χ3n) is 0.818. The quantitative estimate of drug-likeness (QED) is 0.190. The summed E-state index contributed by atoms with van der Waals surface area (Å²) in [6, 6.07) is 0. The summed E-state index contributed by atoms with van der Waals surface area (Å²) in [5.41, 5.74) is 0. The zero-order valence-corrected chi connectivity index (χ0v) is 6.00. The Balaban J connectivity index is 3.13. The van der Waals surface area contributed by atoms with Gasteiger partial charge in [-0.3, -0.25) is 4.79 Å². The van der Waals surface area contributed by atoms with Crippen LogP contribution in [-0.2, 0) is 14.4 Å². The summed E-state index contributed by atoms with van der Waals surface area (Å²) in [4.78, 5) is 14.9. The number of rotatable bonds is 5. The van der Waals surface area contributed by atoms with Crippen LogP contribution in [0.4, 0.5) is 0 Å². The van der Waals surface area contributed by atoms with Crippen LogP contribution in [-0.4, -0.2) is 19.5 Å². The molecule has 0 saturated carbocycles. The molecule has 0 saturated heterocycles. The van der Waals surface area contributed by atoms with Gasteiger partial charge in [0.1, 0.15) is 0 Å². The maximum atomic E-state index is 10.6. The van der Waals surface area contributed by atoms with Crippen LogP contribution in [0.5, 0.6) is 0 Å². The Morgan fingerprint density at radius 1 is 1.70 bits per heavy atom. The summed E-state index contributed by atoms with van der Waals surface area (Å²) in [6.07, 6.45) is 1.20. The van der Waals surface area contributed by atoms with Gasteiger partial charge in [0.25, 0.3) is 6.79 Å². The molecule has 0 amide bonds. The summed E-state index contributed by atoms with van der Waals surface area (Å²) in [7, 11) is 0. The molecule has 0 spiro atoms. The molecular weight excluding hydrogens is 134 g/mol. The van der Waals surface area contributed by atoms with Crippen LogP contribution in [0.2, 0.25) is 0 Å². The predicted molar refractivity (Wildman–Crippen MR) is 36.5 cm³/mol. The number of esters is 1. The van der Waals surface area contributed by atoms with Gasteiger partial charge in [-0.15, -0.1) is 0 Å². The lowest BCUT2D eigenvalue weighted by Crippen LogP contribution is -2.05. The second-order valence-electron chi connectivity index (χ2n) is 1.64. The number of ether oxygens (including phenoxy) is 1.